The van der Waals surface area contributed by atoms with Gasteiger partial charge < -0.3 is 14.0 Å². The van der Waals surface area contributed by atoms with Gasteiger partial charge in [-0.25, -0.2) is 4.79 Å². The monoisotopic (exact) mass is 292 g/mol. The summed E-state index contributed by atoms with van der Waals surface area (Å²) in [6.07, 6.45) is 1.53. The lowest BCUT2D eigenvalue weighted by Gasteiger charge is -2.06. The summed E-state index contributed by atoms with van der Waals surface area (Å²) in [5.74, 6) is -0.849. The molecule has 0 aromatic rings. The second kappa shape index (κ2) is 10.8. The summed E-state index contributed by atoms with van der Waals surface area (Å²) in [5.41, 5.74) is 0.307. The molecule has 7 heteroatoms. The fourth-order valence-corrected chi connectivity index (χ4v) is 1.50. The molecular formula is C12H21O6P. The summed E-state index contributed by atoms with van der Waals surface area (Å²) in [6.45, 7) is 6.94. The zero-order valence-corrected chi connectivity index (χ0v) is 12.4. The Bertz CT molecular complexity index is 339. The smallest absolute Gasteiger partial charge is 0.333 e. The van der Waals surface area contributed by atoms with Crippen molar-refractivity contribution in [3.05, 3.63) is 12.2 Å². The van der Waals surface area contributed by atoms with E-state index < -0.39 is 14.0 Å². The van der Waals surface area contributed by atoms with Crippen LogP contribution < -0.4 is 0 Å². The molecule has 1 unspecified atom stereocenters. The first-order valence-electron chi connectivity index (χ1n) is 6.05. The summed E-state index contributed by atoms with van der Waals surface area (Å²) in [4.78, 5) is 22.2. The van der Waals surface area contributed by atoms with Crippen LogP contribution in [0.3, 0.4) is 0 Å². The molecule has 1 atom stereocenters. The van der Waals surface area contributed by atoms with E-state index in [-0.39, 0.29) is 25.6 Å². The predicted octanol–water partition coefficient (Wildman–Crippen LogP) is 1.94. The third-order valence-corrected chi connectivity index (χ3v) is 2.62. The molecule has 0 saturated heterocycles. The molecule has 0 aromatic heterocycles. The second-order valence-corrected chi connectivity index (χ2v) is 5.21. The van der Waals surface area contributed by atoms with Crippen LogP contribution in [-0.2, 0) is 28.2 Å². The molecule has 0 radical (unpaired) electrons. The van der Waals surface area contributed by atoms with E-state index in [2.05, 4.69) is 6.58 Å². The van der Waals surface area contributed by atoms with Crippen LogP contribution >= 0.6 is 8.03 Å². The van der Waals surface area contributed by atoms with E-state index in [1.165, 1.54) is 6.66 Å². The number of unbranched alkanes of at least 4 members (excludes halogenated alkanes) is 1. The highest BCUT2D eigenvalue weighted by Gasteiger charge is 2.05. The maximum atomic E-state index is 11.2. The van der Waals surface area contributed by atoms with Gasteiger partial charge in [0, 0.05) is 18.7 Å². The Hall–Kier alpha value is -1.13. The van der Waals surface area contributed by atoms with Gasteiger partial charge >= 0.3 is 11.9 Å². The van der Waals surface area contributed by atoms with Crippen molar-refractivity contribution < 1.29 is 28.2 Å². The van der Waals surface area contributed by atoms with Crippen molar-refractivity contribution in [2.24, 2.45) is 0 Å². The van der Waals surface area contributed by atoms with E-state index in [1.807, 2.05) is 0 Å². The van der Waals surface area contributed by atoms with Gasteiger partial charge in [-0.3, -0.25) is 9.36 Å². The number of hydrogen-bond acceptors (Lipinski definition) is 6. The largest absolute Gasteiger partial charge is 0.462 e. The van der Waals surface area contributed by atoms with Crippen molar-refractivity contribution in [3.63, 3.8) is 0 Å². The lowest BCUT2D eigenvalue weighted by molar-refractivity contribution is -0.150. The van der Waals surface area contributed by atoms with Gasteiger partial charge in [-0.05, 0) is 19.8 Å². The van der Waals surface area contributed by atoms with Gasteiger partial charge in [0.1, 0.15) is 13.2 Å². The average Bonchev–Trinajstić information content (AvgIpc) is 2.33. The summed E-state index contributed by atoms with van der Waals surface area (Å²) in [7, 11) is -1.89. The Labute approximate surface area is 114 Å². The molecule has 0 aliphatic carbocycles. The molecule has 0 rings (SSSR count). The summed E-state index contributed by atoms with van der Waals surface area (Å²) < 4.78 is 25.2. The normalized spacial score (nSPS) is 11.7. The number of carbonyl (C=O) groups is 2. The topological polar surface area (TPSA) is 78.9 Å². The molecule has 0 N–H and O–H groups in total. The number of carbonyl (C=O) groups excluding carboxylic acids is 2. The van der Waals surface area contributed by atoms with Gasteiger partial charge in [0.15, 0.2) is 8.03 Å². The van der Waals surface area contributed by atoms with Crippen LogP contribution in [0.1, 0.15) is 26.2 Å². The minimum absolute atomic E-state index is 0.0261. The molecule has 0 bridgehead atoms. The van der Waals surface area contributed by atoms with Gasteiger partial charge in [-0.15, -0.1) is 0 Å². The van der Waals surface area contributed by atoms with E-state index in [9.17, 15) is 14.2 Å². The van der Waals surface area contributed by atoms with Gasteiger partial charge in [-0.2, -0.15) is 0 Å². The van der Waals surface area contributed by atoms with Gasteiger partial charge in [0.2, 0.25) is 0 Å². The lowest BCUT2D eigenvalue weighted by atomic mass is 10.2. The summed E-state index contributed by atoms with van der Waals surface area (Å²) in [6, 6.07) is 0. The van der Waals surface area contributed by atoms with Crippen LogP contribution in [0.5, 0.6) is 0 Å². The van der Waals surface area contributed by atoms with Crippen molar-refractivity contribution in [2.45, 2.75) is 26.2 Å². The molecule has 0 aliphatic heterocycles. The Balaban J connectivity index is 3.42. The molecular weight excluding hydrogens is 271 g/mol. The number of ether oxygens (including phenoxy) is 2. The fourth-order valence-electron chi connectivity index (χ4n) is 1.07. The molecule has 0 amide bonds. The van der Waals surface area contributed by atoms with Crippen LogP contribution in [0, 0.1) is 0 Å². The van der Waals surface area contributed by atoms with E-state index in [0.29, 0.717) is 25.0 Å². The Kier molecular flexibility index (Phi) is 10.1. The highest BCUT2D eigenvalue weighted by atomic mass is 31.1. The SMILES string of the molecule is C=C(C)C(=O)OCCOC(=O)CCCCO[PH](C)=O. The predicted molar refractivity (Wildman–Crippen MR) is 71.5 cm³/mol. The summed E-state index contributed by atoms with van der Waals surface area (Å²) in [5, 5.41) is 0. The molecule has 110 valence electrons. The molecule has 6 nitrogen and oxygen atoms in total. The molecule has 0 saturated carbocycles. The highest BCUT2D eigenvalue weighted by Crippen LogP contribution is 2.15. The Morgan fingerprint density at radius 3 is 2.32 bits per heavy atom. The van der Waals surface area contributed by atoms with E-state index in [1.54, 1.807) is 6.92 Å². The first-order valence-corrected chi connectivity index (χ1v) is 7.86. The molecule has 0 heterocycles. The molecule has 19 heavy (non-hydrogen) atoms. The van der Waals surface area contributed by atoms with Crippen LogP contribution in [0.15, 0.2) is 12.2 Å². The molecule has 0 aliphatic rings. The third kappa shape index (κ3) is 11.7. The number of hydrogen-bond donors (Lipinski definition) is 0. The van der Waals surface area contributed by atoms with Gasteiger partial charge in [0.25, 0.3) is 0 Å². The number of rotatable bonds is 10. The molecule has 0 spiro atoms. The number of esters is 2. The quantitative estimate of drug-likeness (QED) is 0.265. The lowest BCUT2D eigenvalue weighted by Crippen LogP contribution is -2.14. The Morgan fingerprint density at radius 2 is 1.74 bits per heavy atom. The van der Waals surface area contributed by atoms with Crippen molar-refractivity contribution in [1.82, 2.24) is 0 Å². The highest BCUT2D eigenvalue weighted by molar-refractivity contribution is 7.38. The zero-order chi connectivity index (χ0) is 14.7. The van der Waals surface area contributed by atoms with Gasteiger partial charge in [-0.1, -0.05) is 6.58 Å². The molecule has 0 fully saturated rings. The minimum atomic E-state index is -1.89. The third-order valence-electron chi connectivity index (χ3n) is 2.01. The zero-order valence-electron chi connectivity index (χ0n) is 11.4. The molecule has 0 aromatic carbocycles. The maximum absolute atomic E-state index is 11.2. The first kappa shape index (κ1) is 17.9. The van der Waals surface area contributed by atoms with Crippen molar-refractivity contribution in [3.8, 4) is 0 Å². The van der Waals surface area contributed by atoms with Crippen molar-refractivity contribution in [2.75, 3.05) is 26.5 Å². The van der Waals surface area contributed by atoms with Crippen LogP contribution in [0.2, 0.25) is 0 Å². The minimum Gasteiger partial charge on any atom is -0.462 e. The first-order chi connectivity index (χ1) is 8.93. The second-order valence-electron chi connectivity index (χ2n) is 3.93. The standard InChI is InChI=1S/C12H21O6P/c1-10(2)12(14)17-9-8-16-11(13)6-4-5-7-18-19(3)15/h19H,1,4-9H2,2-3H3. The van der Waals surface area contributed by atoms with Crippen LogP contribution in [-0.4, -0.2) is 38.4 Å². The van der Waals surface area contributed by atoms with Crippen LogP contribution in [0.25, 0.3) is 0 Å². The summed E-state index contributed by atoms with van der Waals surface area (Å²) >= 11 is 0. The van der Waals surface area contributed by atoms with Gasteiger partial charge in [0.05, 0.1) is 6.61 Å². The fraction of sp³-hybridized carbons (Fsp3) is 0.667. The van der Waals surface area contributed by atoms with Crippen LogP contribution in [0.4, 0.5) is 0 Å². The maximum Gasteiger partial charge on any atom is 0.333 e. The van der Waals surface area contributed by atoms with E-state index >= 15 is 0 Å². The van der Waals surface area contributed by atoms with E-state index in [0.717, 1.165) is 0 Å². The van der Waals surface area contributed by atoms with E-state index in [4.69, 9.17) is 14.0 Å². The Morgan fingerprint density at radius 1 is 1.11 bits per heavy atom. The van der Waals surface area contributed by atoms with Crippen molar-refractivity contribution in [1.29, 1.82) is 0 Å². The van der Waals surface area contributed by atoms with Crippen molar-refractivity contribution >= 4 is 20.0 Å². The average molecular weight is 292 g/mol.